The van der Waals surface area contributed by atoms with E-state index < -0.39 is 0 Å². The molecule has 4 aromatic heterocycles. The number of nitrogens with zero attached hydrogens (tertiary/aromatic N) is 3. The summed E-state index contributed by atoms with van der Waals surface area (Å²) in [4.78, 5) is 16.9. The summed E-state index contributed by atoms with van der Waals surface area (Å²) in [6.07, 6.45) is 12.9. The zero-order valence-corrected chi connectivity index (χ0v) is 22.5. The van der Waals surface area contributed by atoms with Crippen LogP contribution in [0.25, 0.3) is 22.3 Å². The van der Waals surface area contributed by atoms with Crippen molar-refractivity contribution in [1.29, 1.82) is 0 Å². The molecular formula is C32H34N6. The topological polar surface area (TPSA) is 78.5 Å². The van der Waals surface area contributed by atoms with Crippen molar-refractivity contribution in [1.82, 2.24) is 19.9 Å². The Hall–Kier alpha value is -4.71. The first-order valence-electron chi connectivity index (χ1n) is 12.5. The first-order valence-corrected chi connectivity index (χ1v) is 12.5. The fraction of sp³-hybridized carbons (Fsp3) is 0.156. The van der Waals surface area contributed by atoms with Gasteiger partial charge in [0.15, 0.2) is 0 Å². The molecule has 0 fully saturated rings. The molecule has 4 heterocycles. The number of aromatic amines is 1. The maximum Gasteiger partial charge on any atom is 0.133 e. The Morgan fingerprint density at radius 3 is 2.47 bits per heavy atom. The summed E-state index contributed by atoms with van der Waals surface area (Å²) in [6, 6.07) is 10.2. The van der Waals surface area contributed by atoms with Gasteiger partial charge in [-0.2, -0.15) is 0 Å². The van der Waals surface area contributed by atoms with Crippen LogP contribution >= 0.6 is 0 Å². The van der Waals surface area contributed by atoms with Crippen LogP contribution in [-0.2, 0) is 0 Å². The van der Waals surface area contributed by atoms with Crippen LogP contribution in [0.2, 0.25) is 0 Å². The summed E-state index contributed by atoms with van der Waals surface area (Å²) in [5.74, 6) is 1.07. The van der Waals surface area contributed by atoms with Gasteiger partial charge < -0.3 is 15.6 Å². The molecule has 0 saturated carbocycles. The lowest BCUT2D eigenvalue weighted by Gasteiger charge is -2.15. The average Bonchev–Trinajstić information content (AvgIpc) is 3.32. The minimum absolute atomic E-state index is 0.319. The number of hydrogen-bond donors (Lipinski definition) is 3. The highest BCUT2D eigenvalue weighted by atomic mass is 15.0. The quantitative estimate of drug-likeness (QED) is 0.196. The van der Waals surface area contributed by atoms with Crippen molar-refractivity contribution >= 4 is 22.7 Å². The van der Waals surface area contributed by atoms with Crippen molar-refractivity contribution in [2.24, 2.45) is 5.92 Å². The van der Waals surface area contributed by atoms with E-state index in [-0.39, 0.29) is 0 Å². The second kappa shape index (κ2) is 11.6. The third kappa shape index (κ3) is 5.65. The smallest absolute Gasteiger partial charge is 0.133 e. The maximum absolute atomic E-state index is 4.70. The lowest BCUT2D eigenvalue weighted by molar-refractivity contribution is 0.778. The van der Waals surface area contributed by atoms with Gasteiger partial charge in [0.05, 0.1) is 11.9 Å². The van der Waals surface area contributed by atoms with Crippen LogP contribution < -0.4 is 10.6 Å². The van der Waals surface area contributed by atoms with Gasteiger partial charge in [-0.3, -0.25) is 9.97 Å². The SMILES string of the molecule is C=C/C=C(/c1cccnc1)c1cc(C(=C)c2cc(-c3cncc(NC(=C)C(C)C)c3)cnc2NC)[nH]c1C. The van der Waals surface area contributed by atoms with E-state index in [0.717, 1.165) is 67.6 Å². The Kier molecular flexibility index (Phi) is 8.02. The highest BCUT2D eigenvalue weighted by Crippen LogP contribution is 2.34. The number of H-pyrrole nitrogens is 1. The van der Waals surface area contributed by atoms with Gasteiger partial charge in [-0.1, -0.05) is 51.8 Å². The Morgan fingerprint density at radius 1 is 1.00 bits per heavy atom. The van der Waals surface area contributed by atoms with Crippen molar-refractivity contribution < 1.29 is 0 Å². The Bertz CT molecular complexity index is 1510. The molecule has 0 saturated heterocycles. The minimum atomic E-state index is 0.319. The molecular weight excluding hydrogens is 468 g/mol. The number of hydrogen-bond acceptors (Lipinski definition) is 5. The second-order valence-electron chi connectivity index (χ2n) is 9.40. The van der Waals surface area contributed by atoms with Crippen LogP contribution in [0.15, 0.2) is 98.9 Å². The number of rotatable bonds is 10. The van der Waals surface area contributed by atoms with Gasteiger partial charge in [0.2, 0.25) is 0 Å². The standard InChI is InChI=1S/C32H34N6/c1-8-10-28(24-11-9-12-34-16-24)30-15-31(38-23(30)6)21(4)29-14-26(18-36-32(29)33-7)25-13-27(19-35-17-25)37-22(5)20(2)3/h8-20,37-38H,1,4-5H2,2-3,6-7H3,(H,33,36)/b28-10-. The van der Waals surface area contributed by atoms with Gasteiger partial charge in [-0.05, 0) is 42.7 Å². The normalized spacial score (nSPS) is 11.3. The first kappa shape index (κ1) is 26.4. The Morgan fingerprint density at radius 2 is 1.79 bits per heavy atom. The molecule has 0 atom stereocenters. The van der Waals surface area contributed by atoms with Crippen molar-refractivity contribution in [2.75, 3.05) is 17.7 Å². The molecule has 0 bridgehead atoms. The van der Waals surface area contributed by atoms with Gasteiger partial charge in [-0.15, -0.1) is 0 Å². The highest BCUT2D eigenvalue weighted by molar-refractivity contribution is 5.88. The largest absolute Gasteiger partial charge is 0.373 e. The molecule has 6 heteroatoms. The van der Waals surface area contributed by atoms with E-state index in [1.54, 1.807) is 18.5 Å². The number of anilines is 2. The van der Waals surface area contributed by atoms with Crippen LogP contribution in [-0.4, -0.2) is 27.0 Å². The number of pyridine rings is 3. The number of allylic oxidation sites excluding steroid dienone is 3. The van der Waals surface area contributed by atoms with E-state index in [2.05, 4.69) is 84.3 Å². The highest BCUT2D eigenvalue weighted by Gasteiger charge is 2.17. The minimum Gasteiger partial charge on any atom is -0.373 e. The average molecular weight is 503 g/mol. The molecule has 3 N–H and O–H groups in total. The summed E-state index contributed by atoms with van der Waals surface area (Å²) in [7, 11) is 1.86. The maximum atomic E-state index is 4.70. The van der Waals surface area contributed by atoms with Gasteiger partial charge in [0.25, 0.3) is 0 Å². The lowest BCUT2D eigenvalue weighted by Crippen LogP contribution is -2.04. The van der Waals surface area contributed by atoms with Crippen molar-refractivity contribution in [2.45, 2.75) is 20.8 Å². The molecule has 38 heavy (non-hydrogen) atoms. The van der Waals surface area contributed by atoms with Crippen molar-refractivity contribution in [3.05, 3.63) is 127 Å². The Balaban J connectivity index is 1.71. The summed E-state index contributed by atoms with van der Waals surface area (Å²) in [5.41, 5.74) is 10.5. The molecule has 0 aromatic carbocycles. The van der Waals surface area contributed by atoms with E-state index in [4.69, 9.17) is 4.98 Å². The van der Waals surface area contributed by atoms with Crippen molar-refractivity contribution in [3.8, 4) is 11.1 Å². The molecule has 0 aliphatic carbocycles. The molecule has 0 radical (unpaired) electrons. The molecule has 0 amide bonds. The zero-order chi connectivity index (χ0) is 27.2. The summed E-state index contributed by atoms with van der Waals surface area (Å²) < 4.78 is 0. The van der Waals surface area contributed by atoms with E-state index in [9.17, 15) is 0 Å². The third-order valence-electron chi connectivity index (χ3n) is 6.41. The Labute approximate surface area is 225 Å². The van der Waals surface area contributed by atoms with E-state index >= 15 is 0 Å². The van der Waals surface area contributed by atoms with Crippen LogP contribution in [0, 0.1) is 12.8 Å². The molecule has 6 nitrogen and oxygen atoms in total. The van der Waals surface area contributed by atoms with E-state index in [0.29, 0.717) is 5.92 Å². The third-order valence-corrected chi connectivity index (χ3v) is 6.41. The molecule has 0 unspecified atom stereocenters. The molecule has 0 spiro atoms. The lowest BCUT2D eigenvalue weighted by atomic mass is 9.97. The summed E-state index contributed by atoms with van der Waals surface area (Å²) in [5, 5.41) is 6.56. The predicted molar refractivity (Wildman–Crippen MR) is 160 cm³/mol. The first-order chi connectivity index (χ1) is 18.3. The van der Waals surface area contributed by atoms with Gasteiger partial charge >= 0.3 is 0 Å². The molecule has 0 aliphatic rings. The molecule has 192 valence electrons. The van der Waals surface area contributed by atoms with Gasteiger partial charge in [0, 0.05) is 82.3 Å². The van der Waals surface area contributed by atoms with Crippen LogP contribution in [0.1, 0.15) is 41.9 Å². The van der Waals surface area contributed by atoms with Crippen molar-refractivity contribution in [3.63, 3.8) is 0 Å². The van der Waals surface area contributed by atoms with E-state index in [1.165, 1.54) is 0 Å². The van der Waals surface area contributed by atoms with Crippen LogP contribution in [0.4, 0.5) is 11.5 Å². The summed E-state index contributed by atoms with van der Waals surface area (Å²) >= 11 is 0. The van der Waals surface area contributed by atoms with Gasteiger partial charge in [0.1, 0.15) is 5.82 Å². The molecule has 4 aromatic rings. The fourth-order valence-corrected chi connectivity index (χ4v) is 4.17. The molecule has 0 aliphatic heterocycles. The number of aryl methyl sites for hydroxylation is 1. The van der Waals surface area contributed by atoms with Crippen LogP contribution in [0.5, 0.6) is 0 Å². The monoisotopic (exact) mass is 502 g/mol. The number of aromatic nitrogens is 4. The second-order valence-corrected chi connectivity index (χ2v) is 9.40. The zero-order valence-electron chi connectivity index (χ0n) is 22.5. The fourth-order valence-electron chi connectivity index (χ4n) is 4.17. The predicted octanol–water partition coefficient (Wildman–Crippen LogP) is 7.48. The number of nitrogens with one attached hydrogen (secondary N) is 3. The van der Waals surface area contributed by atoms with Gasteiger partial charge in [-0.25, -0.2) is 4.98 Å². The summed E-state index contributed by atoms with van der Waals surface area (Å²) in [6.45, 7) is 18.7. The van der Waals surface area contributed by atoms with E-state index in [1.807, 2.05) is 43.8 Å². The van der Waals surface area contributed by atoms with Crippen LogP contribution in [0.3, 0.4) is 0 Å². The molecule has 4 rings (SSSR count).